The Hall–Kier alpha value is -2.90. The van der Waals surface area contributed by atoms with Gasteiger partial charge in [-0.3, -0.25) is 14.6 Å². The first-order chi connectivity index (χ1) is 13.0. The third-order valence-electron chi connectivity index (χ3n) is 4.64. The van der Waals surface area contributed by atoms with Crippen LogP contribution in [-0.2, 0) is 0 Å². The highest BCUT2D eigenvalue weighted by molar-refractivity contribution is 5.94. The molecule has 8 heteroatoms. The van der Waals surface area contributed by atoms with Crippen LogP contribution in [0.3, 0.4) is 0 Å². The minimum atomic E-state index is -1.66. The number of piperidine rings is 1. The monoisotopic (exact) mass is 377 g/mol. The van der Waals surface area contributed by atoms with Gasteiger partial charge in [0, 0.05) is 32.0 Å². The van der Waals surface area contributed by atoms with E-state index in [1.165, 1.54) is 6.20 Å². The molecule has 1 aromatic heterocycles. The number of pyridine rings is 1. The summed E-state index contributed by atoms with van der Waals surface area (Å²) >= 11 is 0. The zero-order valence-electron chi connectivity index (χ0n) is 14.4. The summed E-state index contributed by atoms with van der Waals surface area (Å²) in [6.45, 7) is 1.34. The third-order valence-corrected chi connectivity index (χ3v) is 4.64. The largest absolute Gasteiger partial charge is 0.352 e. The van der Waals surface area contributed by atoms with Gasteiger partial charge in [-0.05, 0) is 43.0 Å². The lowest BCUT2D eigenvalue weighted by Gasteiger charge is -2.32. The molecule has 0 atom stereocenters. The Morgan fingerprint density at radius 1 is 1.11 bits per heavy atom. The van der Waals surface area contributed by atoms with Crippen LogP contribution in [0.4, 0.5) is 13.2 Å². The van der Waals surface area contributed by atoms with E-state index in [4.69, 9.17) is 0 Å². The van der Waals surface area contributed by atoms with Crippen molar-refractivity contribution in [3.05, 3.63) is 65.2 Å². The summed E-state index contributed by atoms with van der Waals surface area (Å²) in [6.07, 6.45) is 4.46. The third kappa shape index (κ3) is 4.27. The molecule has 3 rings (SSSR count). The number of carbonyl (C=O) groups is 2. The fourth-order valence-electron chi connectivity index (χ4n) is 3.05. The number of rotatable bonds is 4. The average molecular weight is 377 g/mol. The first-order valence-electron chi connectivity index (χ1n) is 8.58. The van der Waals surface area contributed by atoms with Crippen molar-refractivity contribution in [1.29, 1.82) is 0 Å². The smallest absolute Gasteiger partial charge is 0.255 e. The van der Waals surface area contributed by atoms with E-state index in [2.05, 4.69) is 10.3 Å². The predicted octanol–water partition coefficient (Wildman–Crippen LogP) is 2.78. The Balaban J connectivity index is 1.51. The second-order valence-electron chi connectivity index (χ2n) is 6.41. The molecule has 2 amide bonds. The van der Waals surface area contributed by atoms with Gasteiger partial charge in [-0.1, -0.05) is 0 Å². The Kier molecular flexibility index (Phi) is 5.73. The molecule has 1 fully saturated rings. The van der Waals surface area contributed by atoms with Crippen molar-refractivity contribution < 1.29 is 22.8 Å². The highest BCUT2D eigenvalue weighted by atomic mass is 19.2. The second-order valence-corrected chi connectivity index (χ2v) is 6.41. The molecule has 0 radical (unpaired) electrons. The van der Waals surface area contributed by atoms with Gasteiger partial charge in [0.15, 0.2) is 17.5 Å². The maximum atomic E-state index is 13.7. The maximum absolute atomic E-state index is 13.7. The molecule has 1 saturated heterocycles. The summed E-state index contributed by atoms with van der Waals surface area (Å²) in [5, 5.41) is 2.55. The van der Waals surface area contributed by atoms with Gasteiger partial charge in [0.1, 0.15) is 0 Å². The topological polar surface area (TPSA) is 62.3 Å². The van der Waals surface area contributed by atoms with E-state index in [9.17, 15) is 22.8 Å². The summed E-state index contributed by atoms with van der Waals surface area (Å²) in [6, 6.07) is 5.04. The summed E-state index contributed by atoms with van der Waals surface area (Å²) < 4.78 is 39.8. The van der Waals surface area contributed by atoms with Crippen LogP contribution in [0.25, 0.3) is 0 Å². The fraction of sp³-hybridized carbons (Fsp3) is 0.316. The summed E-state index contributed by atoms with van der Waals surface area (Å²) in [4.78, 5) is 30.0. The molecule has 0 saturated carbocycles. The van der Waals surface area contributed by atoms with Crippen molar-refractivity contribution in [3.8, 4) is 0 Å². The van der Waals surface area contributed by atoms with E-state index < -0.39 is 28.9 Å². The first-order valence-corrected chi connectivity index (χ1v) is 8.58. The molecule has 27 heavy (non-hydrogen) atoms. The molecule has 1 aliphatic rings. The van der Waals surface area contributed by atoms with Gasteiger partial charge in [0.2, 0.25) is 0 Å². The van der Waals surface area contributed by atoms with Crippen molar-refractivity contribution >= 4 is 11.8 Å². The van der Waals surface area contributed by atoms with Crippen LogP contribution >= 0.6 is 0 Å². The zero-order valence-corrected chi connectivity index (χ0v) is 14.4. The van der Waals surface area contributed by atoms with Gasteiger partial charge in [-0.15, -0.1) is 0 Å². The van der Waals surface area contributed by atoms with Crippen LogP contribution in [0, 0.1) is 23.4 Å². The van der Waals surface area contributed by atoms with E-state index in [0.717, 1.165) is 12.1 Å². The van der Waals surface area contributed by atoms with Gasteiger partial charge >= 0.3 is 0 Å². The highest BCUT2D eigenvalue weighted by Gasteiger charge is 2.25. The van der Waals surface area contributed by atoms with Crippen LogP contribution in [0.1, 0.15) is 33.6 Å². The quantitative estimate of drug-likeness (QED) is 0.834. The standard InChI is InChI=1S/C19H18F3N3O2/c20-15-4-3-14(16(21)17(15)22)18(26)24-10-12-5-8-25(9-6-12)19(27)13-2-1-7-23-11-13/h1-4,7,11-12H,5-6,8-10H2,(H,24,26). The zero-order chi connectivity index (χ0) is 19.4. The number of amides is 2. The molecule has 0 bridgehead atoms. The number of nitrogens with one attached hydrogen (secondary N) is 1. The van der Waals surface area contributed by atoms with Crippen molar-refractivity contribution in [3.63, 3.8) is 0 Å². The minimum absolute atomic E-state index is 0.0885. The molecular weight excluding hydrogens is 359 g/mol. The van der Waals surface area contributed by atoms with Gasteiger partial charge in [-0.2, -0.15) is 0 Å². The lowest BCUT2D eigenvalue weighted by atomic mass is 9.96. The number of benzene rings is 1. The normalized spacial score (nSPS) is 14.9. The number of hydrogen-bond acceptors (Lipinski definition) is 3. The van der Waals surface area contributed by atoms with Crippen LogP contribution in [0.5, 0.6) is 0 Å². The number of aromatic nitrogens is 1. The fourth-order valence-corrected chi connectivity index (χ4v) is 3.05. The number of hydrogen-bond donors (Lipinski definition) is 1. The van der Waals surface area contributed by atoms with Crippen LogP contribution in [0.15, 0.2) is 36.7 Å². The van der Waals surface area contributed by atoms with E-state index in [0.29, 0.717) is 31.5 Å². The number of halogens is 3. The number of nitrogens with zero attached hydrogens (tertiary/aromatic N) is 2. The van der Waals surface area contributed by atoms with Crippen molar-refractivity contribution in [1.82, 2.24) is 15.2 Å². The van der Waals surface area contributed by atoms with Crippen LogP contribution in [0.2, 0.25) is 0 Å². The Bertz CT molecular complexity index is 838. The molecule has 2 aromatic rings. The average Bonchev–Trinajstić information content (AvgIpc) is 2.71. The number of carbonyl (C=O) groups excluding carboxylic acids is 2. The highest BCUT2D eigenvalue weighted by Crippen LogP contribution is 2.19. The molecule has 142 valence electrons. The van der Waals surface area contributed by atoms with Crippen molar-refractivity contribution in [2.45, 2.75) is 12.8 Å². The van der Waals surface area contributed by atoms with Crippen molar-refractivity contribution in [2.75, 3.05) is 19.6 Å². The van der Waals surface area contributed by atoms with Gasteiger partial charge in [0.05, 0.1) is 11.1 Å². The molecule has 0 spiro atoms. The van der Waals surface area contributed by atoms with Gasteiger partial charge in [-0.25, -0.2) is 13.2 Å². The maximum Gasteiger partial charge on any atom is 0.255 e. The van der Waals surface area contributed by atoms with E-state index in [1.807, 2.05) is 0 Å². The molecule has 1 aliphatic heterocycles. The molecule has 2 heterocycles. The molecule has 5 nitrogen and oxygen atoms in total. The number of likely N-dealkylation sites (tertiary alicyclic amines) is 1. The second kappa shape index (κ2) is 8.20. The lowest BCUT2D eigenvalue weighted by Crippen LogP contribution is -2.41. The van der Waals surface area contributed by atoms with Crippen molar-refractivity contribution in [2.24, 2.45) is 5.92 Å². The first kappa shape index (κ1) is 18.9. The predicted molar refractivity (Wildman–Crippen MR) is 91.5 cm³/mol. The van der Waals surface area contributed by atoms with E-state index in [1.54, 1.807) is 23.2 Å². The Morgan fingerprint density at radius 2 is 1.85 bits per heavy atom. The SMILES string of the molecule is O=C(NCC1CCN(C(=O)c2cccnc2)CC1)c1ccc(F)c(F)c1F. The Morgan fingerprint density at radius 3 is 2.52 bits per heavy atom. The summed E-state index contributed by atoms with van der Waals surface area (Å²) in [7, 11) is 0. The van der Waals surface area contributed by atoms with Crippen LogP contribution < -0.4 is 5.32 Å². The Labute approximate surface area is 154 Å². The lowest BCUT2D eigenvalue weighted by molar-refractivity contribution is 0.0683. The summed E-state index contributed by atoms with van der Waals surface area (Å²) in [5.41, 5.74) is -0.00356. The molecule has 1 N–H and O–H groups in total. The molecular formula is C19H18F3N3O2. The van der Waals surface area contributed by atoms with E-state index in [-0.39, 0.29) is 18.4 Å². The summed E-state index contributed by atoms with van der Waals surface area (Å²) in [5.74, 6) is -5.26. The molecule has 0 aliphatic carbocycles. The van der Waals surface area contributed by atoms with Gasteiger partial charge < -0.3 is 10.2 Å². The molecule has 1 aromatic carbocycles. The van der Waals surface area contributed by atoms with E-state index >= 15 is 0 Å². The molecule has 0 unspecified atom stereocenters. The minimum Gasteiger partial charge on any atom is -0.352 e. The van der Waals surface area contributed by atoms with Gasteiger partial charge in [0.25, 0.3) is 11.8 Å². The van der Waals surface area contributed by atoms with Crippen LogP contribution in [-0.4, -0.2) is 41.3 Å².